The summed E-state index contributed by atoms with van der Waals surface area (Å²) in [7, 11) is 0. The van der Waals surface area contributed by atoms with E-state index in [-0.39, 0.29) is 28.5 Å². The molecule has 0 saturated carbocycles. The van der Waals surface area contributed by atoms with E-state index < -0.39 is 17.4 Å². The number of rotatable bonds is 5. The van der Waals surface area contributed by atoms with Crippen molar-refractivity contribution in [2.75, 3.05) is 0 Å². The van der Waals surface area contributed by atoms with Gasteiger partial charge >= 0.3 is 0 Å². The highest BCUT2D eigenvalue weighted by Crippen LogP contribution is 2.29. The first-order valence-electron chi connectivity index (χ1n) is 10.8. The zero-order chi connectivity index (χ0) is 24.5. The maximum atomic E-state index is 15.2. The van der Waals surface area contributed by atoms with Crippen LogP contribution in [0.3, 0.4) is 0 Å². The van der Waals surface area contributed by atoms with Crippen LogP contribution in [0.2, 0.25) is 5.02 Å². The number of carbonyl (C=O) groups is 1. The molecule has 4 nitrogen and oxygen atoms in total. The molecule has 0 aliphatic carbocycles. The summed E-state index contributed by atoms with van der Waals surface area (Å²) < 4.78 is 34.6. The topological polar surface area (TPSA) is 55.0 Å². The minimum Gasteiger partial charge on any atom is -0.486 e. The van der Waals surface area contributed by atoms with Gasteiger partial charge in [-0.1, -0.05) is 51.4 Å². The molecule has 0 saturated heterocycles. The molecule has 4 rings (SSSR count). The quantitative estimate of drug-likeness (QED) is 0.303. The third-order valence-electron chi connectivity index (χ3n) is 4.64. The predicted molar refractivity (Wildman–Crippen MR) is 129 cm³/mol. The fourth-order valence-electron chi connectivity index (χ4n) is 3.12. The van der Waals surface area contributed by atoms with Crippen molar-refractivity contribution >= 4 is 28.4 Å². The highest BCUT2D eigenvalue weighted by molar-refractivity contribution is 6.30. The zero-order valence-corrected chi connectivity index (χ0v) is 20.1. The van der Waals surface area contributed by atoms with Gasteiger partial charge in [-0.05, 0) is 42.8 Å². The SMILES string of the molecule is CC.CC.Cc1ccc(OCc2ccc(Cl)cc2F)c(F)c1C(=O)c1c[nH]c2ncccc12. The highest BCUT2D eigenvalue weighted by Gasteiger charge is 2.23. The molecule has 0 spiro atoms. The molecule has 1 N–H and O–H groups in total. The third-order valence-corrected chi connectivity index (χ3v) is 4.87. The number of nitrogens with one attached hydrogen (secondary N) is 1. The van der Waals surface area contributed by atoms with E-state index in [0.29, 0.717) is 22.2 Å². The molecule has 4 aromatic rings. The first kappa shape index (κ1) is 26.0. The second-order valence-electron chi connectivity index (χ2n) is 6.53. The van der Waals surface area contributed by atoms with Crippen LogP contribution >= 0.6 is 11.6 Å². The van der Waals surface area contributed by atoms with Gasteiger partial charge in [0.2, 0.25) is 0 Å². The van der Waals surface area contributed by atoms with E-state index in [9.17, 15) is 9.18 Å². The second kappa shape index (κ2) is 12.1. The number of benzene rings is 2. The number of nitrogens with zero attached hydrogens (tertiary/aromatic N) is 1. The molecule has 0 atom stereocenters. The van der Waals surface area contributed by atoms with Gasteiger partial charge in [0.05, 0.1) is 5.56 Å². The van der Waals surface area contributed by atoms with Crippen LogP contribution in [-0.2, 0) is 6.61 Å². The van der Waals surface area contributed by atoms with E-state index in [1.54, 1.807) is 31.3 Å². The van der Waals surface area contributed by atoms with E-state index in [2.05, 4.69) is 9.97 Å². The van der Waals surface area contributed by atoms with Crippen molar-refractivity contribution in [1.29, 1.82) is 0 Å². The lowest BCUT2D eigenvalue weighted by Crippen LogP contribution is -2.09. The Kier molecular flexibility index (Phi) is 9.55. The van der Waals surface area contributed by atoms with Crippen LogP contribution in [0.5, 0.6) is 5.75 Å². The molecule has 0 aliphatic heterocycles. The predicted octanol–water partition coefficient (Wildman–Crippen LogP) is 7.67. The molecule has 2 aromatic heterocycles. The molecule has 0 unspecified atom stereocenters. The number of ketones is 1. The molecule has 7 heteroatoms. The number of halogens is 3. The Labute approximate surface area is 197 Å². The standard InChI is InChI=1S/C22H15ClF2N2O2.2C2H6/c1-12-4-7-18(29-11-13-5-6-14(23)9-17(13)24)20(25)19(12)21(28)16-10-27-22-15(16)3-2-8-26-22;2*1-2/h2-10H,11H2,1H3,(H,26,27);2*1-2H3. The zero-order valence-electron chi connectivity index (χ0n) is 19.3. The van der Waals surface area contributed by atoms with Crippen LogP contribution in [0.25, 0.3) is 11.0 Å². The Morgan fingerprint density at radius 3 is 2.52 bits per heavy atom. The smallest absolute Gasteiger partial charge is 0.198 e. The Hall–Kier alpha value is -3.25. The van der Waals surface area contributed by atoms with Gasteiger partial charge in [-0.15, -0.1) is 0 Å². The van der Waals surface area contributed by atoms with Crippen LogP contribution in [-0.4, -0.2) is 15.8 Å². The molecule has 0 amide bonds. The Balaban J connectivity index is 0.000000914. The molecule has 2 aromatic carbocycles. The minimum atomic E-state index is -0.789. The number of carbonyl (C=O) groups excluding carboxylic acids is 1. The number of aromatic amines is 1. The largest absolute Gasteiger partial charge is 0.486 e. The van der Waals surface area contributed by atoms with Crippen molar-refractivity contribution in [1.82, 2.24) is 9.97 Å². The summed E-state index contributed by atoms with van der Waals surface area (Å²) in [4.78, 5) is 20.1. The fourth-order valence-corrected chi connectivity index (χ4v) is 3.28. The van der Waals surface area contributed by atoms with Gasteiger partial charge in [0.1, 0.15) is 18.1 Å². The van der Waals surface area contributed by atoms with E-state index in [0.717, 1.165) is 6.07 Å². The van der Waals surface area contributed by atoms with Gasteiger partial charge in [0, 0.05) is 33.9 Å². The van der Waals surface area contributed by atoms with Gasteiger partial charge in [-0.3, -0.25) is 4.79 Å². The molecular formula is C26H27ClF2N2O2. The van der Waals surface area contributed by atoms with Gasteiger partial charge in [0.25, 0.3) is 0 Å². The van der Waals surface area contributed by atoms with Crippen LogP contribution < -0.4 is 4.74 Å². The molecule has 174 valence electrons. The summed E-state index contributed by atoms with van der Waals surface area (Å²) in [6, 6.07) is 10.6. The first-order chi connectivity index (χ1) is 16.0. The van der Waals surface area contributed by atoms with Gasteiger partial charge < -0.3 is 9.72 Å². The van der Waals surface area contributed by atoms with E-state index in [4.69, 9.17) is 16.3 Å². The van der Waals surface area contributed by atoms with Crippen molar-refractivity contribution in [3.63, 3.8) is 0 Å². The average molecular weight is 473 g/mol. The van der Waals surface area contributed by atoms with E-state index >= 15 is 4.39 Å². The van der Waals surface area contributed by atoms with Gasteiger partial charge in [-0.2, -0.15) is 0 Å². The Morgan fingerprint density at radius 1 is 1.09 bits per heavy atom. The van der Waals surface area contributed by atoms with Gasteiger partial charge in [0.15, 0.2) is 17.3 Å². The minimum absolute atomic E-state index is 0.0937. The van der Waals surface area contributed by atoms with Crippen molar-refractivity contribution in [3.05, 3.63) is 93.8 Å². The number of aryl methyl sites for hydroxylation is 1. The average Bonchev–Trinajstić information content (AvgIpc) is 3.26. The molecule has 0 radical (unpaired) electrons. The van der Waals surface area contributed by atoms with E-state index in [1.165, 1.54) is 24.4 Å². The van der Waals surface area contributed by atoms with E-state index in [1.807, 2.05) is 27.7 Å². The van der Waals surface area contributed by atoms with Crippen LogP contribution in [0.15, 0.2) is 54.9 Å². The lowest BCUT2D eigenvalue weighted by Gasteiger charge is -2.12. The number of aromatic nitrogens is 2. The number of fused-ring (bicyclic) bond motifs is 1. The number of H-pyrrole nitrogens is 1. The molecular weight excluding hydrogens is 446 g/mol. The monoisotopic (exact) mass is 472 g/mol. The van der Waals surface area contributed by atoms with Crippen molar-refractivity contribution in [2.45, 2.75) is 41.2 Å². The third kappa shape index (κ3) is 5.76. The summed E-state index contributed by atoms with van der Waals surface area (Å²) in [6.07, 6.45) is 3.11. The fraction of sp³-hybridized carbons (Fsp3) is 0.231. The molecule has 0 aliphatic rings. The summed E-state index contributed by atoms with van der Waals surface area (Å²) in [5.41, 5.74) is 1.46. The van der Waals surface area contributed by atoms with Crippen molar-refractivity contribution in [3.8, 4) is 5.75 Å². The molecule has 0 fully saturated rings. The lowest BCUT2D eigenvalue weighted by molar-refractivity contribution is 0.103. The van der Waals surface area contributed by atoms with Crippen LogP contribution in [0.1, 0.15) is 54.7 Å². The van der Waals surface area contributed by atoms with Crippen molar-refractivity contribution < 1.29 is 18.3 Å². The molecule has 0 bridgehead atoms. The molecule has 2 heterocycles. The second-order valence-corrected chi connectivity index (χ2v) is 6.96. The van der Waals surface area contributed by atoms with Crippen molar-refractivity contribution in [2.24, 2.45) is 0 Å². The number of hydrogen-bond acceptors (Lipinski definition) is 3. The lowest BCUT2D eigenvalue weighted by atomic mass is 9.98. The number of ether oxygens (including phenoxy) is 1. The number of pyridine rings is 1. The normalized spacial score (nSPS) is 10.1. The summed E-state index contributed by atoms with van der Waals surface area (Å²) in [5, 5.41) is 0.861. The van der Waals surface area contributed by atoms with Gasteiger partial charge in [-0.25, -0.2) is 13.8 Å². The van der Waals surface area contributed by atoms with Crippen LogP contribution in [0, 0.1) is 18.6 Å². The maximum absolute atomic E-state index is 15.2. The summed E-state index contributed by atoms with van der Waals surface area (Å²) >= 11 is 5.74. The first-order valence-corrected chi connectivity index (χ1v) is 11.2. The highest BCUT2D eigenvalue weighted by atomic mass is 35.5. The Bertz CT molecular complexity index is 1240. The molecule has 33 heavy (non-hydrogen) atoms. The number of hydrogen-bond donors (Lipinski definition) is 1. The van der Waals surface area contributed by atoms with Crippen LogP contribution in [0.4, 0.5) is 8.78 Å². The summed E-state index contributed by atoms with van der Waals surface area (Å²) in [6.45, 7) is 9.44. The Morgan fingerprint density at radius 2 is 1.82 bits per heavy atom. The maximum Gasteiger partial charge on any atom is 0.198 e. The summed E-state index contributed by atoms with van der Waals surface area (Å²) in [5.74, 6) is -1.95.